The molecule has 1 aliphatic heterocycles. The molecule has 3 rings (SSSR count). The van der Waals surface area contributed by atoms with Gasteiger partial charge in [-0.25, -0.2) is 5.43 Å². The number of hydrogen-bond donors (Lipinski definition) is 1. The molecule has 2 heterocycles. The van der Waals surface area contributed by atoms with Gasteiger partial charge in [0.25, 0.3) is 5.91 Å². The lowest BCUT2D eigenvalue weighted by Crippen LogP contribution is -2.54. The quantitative estimate of drug-likeness (QED) is 0.333. The normalized spacial score (nSPS) is 16.0. The standard InChI is InChI=1S/C21H27N5O3/c1-26(2)12-10-25(11-13-26)18-7-8-20(29-16-28-3)17(14-18)15-23-24-21(27)19-6-4-5-9-22-19/h4-9,14-15H,10-13,16H2,1-3H3/p+1/b23-15+. The van der Waals surface area contributed by atoms with Crippen LogP contribution < -0.4 is 15.1 Å². The Bertz CT molecular complexity index is 845. The molecule has 0 saturated carbocycles. The van der Waals surface area contributed by atoms with Gasteiger partial charge < -0.3 is 18.9 Å². The molecule has 1 aliphatic rings. The summed E-state index contributed by atoms with van der Waals surface area (Å²) in [6.07, 6.45) is 3.15. The summed E-state index contributed by atoms with van der Waals surface area (Å²) in [6, 6.07) is 11.1. The number of amides is 1. The fourth-order valence-corrected chi connectivity index (χ4v) is 3.07. The minimum Gasteiger partial charge on any atom is -0.467 e. The van der Waals surface area contributed by atoms with Crippen LogP contribution in [-0.4, -0.2) is 75.8 Å². The van der Waals surface area contributed by atoms with Crippen LogP contribution >= 0.6 is 0 Å². The van der Waals surface area contributed by atoms with Gasteiger partial charge in [0, 0.05) is 24.6 Å². The summed E-state index contributed by atoms with van der Waals surface area (Å²) < 4.78 is 11.7. The first-order valence-corrected chi connectivity index (χ1v) is 9.56. The molecule has 8 heteroatoms. The molecule has 2 aromatic rings. The summed E-state index contributed by atoms with van der Waals surface area (Å²) in [4.78, 5) is 18.5. The third kappa shape index (κ3) is 5.75. The second-order valence-corrected chi connectivity index (χ2v) is 7.56. The van der Waals surface area contributed by atoms with Crippen LogP contribution in [0.5, 0.6) is 5.75 Å². The Morgan fingerprint density at radius 2 is 2.07 bits per heavy atom. The van der Waals surface area contributed by atoms with Crippen molar-refractivity contribution in [3.63, 3.8) is 0 Å². The first-order chi connectivity index (χ1) is 14.0. The maximum Gasteiger partial charge on any atom is 0.289 e. The number of methoxy groups -OCH3 is 1. The zero-order valence-electron chi connectivity index (χ0n) is 17.2. The number of hydrogen-bond acceptors (Lipinski definition) is 6. The number of piperazine rings is 1. The molecular weight excluding hydrogens is 370 g/mol. The fourth-order valence-electron chi connectivity index (χ4n) is 3.07. The number of benzene rings is 1. The molecule has 0 aliphatic carbocycles. The van der Waals surface area contributed by atoms with E-state index in [1.54, 1.807) is 37.7 Å². The zero-order valence-corrected chi connectivity index (χ0v) is 17.2. The van der Waals surface area contributed by atoms with Gasteiger partial charge in [-0.2, -0.15) is 5.10 Å². The maximum absolute atomic E-state index is 12.1. The van der Waals surface area contributed by atoms with E-state index in [1.165, 1.54) is 0 Å². The summed E-state index contributed by atoms with van der Waals surface area (Å²) in [5.74, 6) is 0.271. The molecule has 1 aromatic carbocycles. The van der Waals surface area contributed by atoms with Crippen molar-refractivity contribution in [2.75, 3.05) is 59.1 Å². The maximum atomic E-state index is 12.1. The predicted octanol–water partition coefficient (Wildman–Crippen LogP) is 1.72. The van der Waals surface area contributed by atoms with Crippen LogP contribution in [0.2, 0.25) is 0 Å². The van der Waals surface area contributed by atoms with E-state index in [2.05, 4.69) is 34.5 Å². The van der Waals surface area contributed by atoms with Crippen molar-refractivity contribution >= 4 is 17.8 Å². The monoisotopic (exact) mass is 398 g/mol. The van der Waals surface area contributed by atoms with E-state index in [0.29, 0.717) is 11.4 Å². The molecule has 1 aromatic heterocycles. The van der Waals surface area contributed by atoms with Gasteiger partial charge in [-0.05, 0) is 30.3 Å². The lowest BCUT2D eigenvalue weighted by Gasteiger charge is -2.40. The van der Waals surface area contributed by atoms with Gasteiger partial charge in [0.15, 0.2) is 6.79 Å². The Morgan fingerprint density at radius 1 is 1.28 bits per heavy atom. The molecule has 154 valence electrons. The number of nitrogens with one attached hydrogen (secondary N) is 1. The number of aromatic nitrogens is 1. The van der Waals surface area contributed by atoms with Crippen molar-refractivity contribution in [2.24, 2.45) is 5.10 Å². The van der Waals surface area contributed by atoms with Crippen molar-refractivity contribution in [1.29, 1.82) is 0 Å². The molecule has 1 saturated heterocycles. The number of hydrazone groups is 1. The zero-order chi connectivity index (χ0) is 20.7. The number of carbonyl (C=O) groups is 1. The van der Waals surface area contributed by atoms with Crippen molar-refractivity contribution in [3.8, 4) is 5.75 Å². The van der Waals surface area contributed by atoms with E-state index in [1.807, 2.05) is 18.2 Å². The Kier molecular flexibility index (Phi) is 6.79. The van der Waals surface area contributed by atoms with Crippen molar-refractivity contribution in [1.82, 2.24) is 10.4 Å². The second kappa shape index (κ2) is 9.49. The van der Waals surface area contributed by atoms with Gasteiger partial charge in [-0.15, -0.1) is 0 Å². The van der Waals surface area contributed by atoms with E-state index in [9.17, 15) is 4.79 Å². The molecule has 0 unspecified atom stereocenters. The Morgan fingerprint density at radius 3 is 2.76 bits per heavy atom. The molecule has 1 fully saturated rings. The highest BCUT2D eigenvalue weighted by Crippen LogP contribution is 2.25. The third-order valence-corrected chi connectivity index (χ3v) is 4.91. The van der Waals surface area contributed by atoms with Crippen LogP contribution in [0.1, 0.15) is 16.1 Å². The summed E-state index contributed by atoms with van der Waals surface area (Å²) in [5.41, 5.74) is 4.68. The smallest absolute Gasteiger partial charge is 0.289 e. The average molecular weight is 398 g/mol. The number of ether oxygens (including phenoxy) is 2. The Hall–Kier alpha value is -2.97. The van der Waals surface area contributed by atoms with Gasteiger partial charge in [0.2, 0.25) is 0 Å². The van der Waals surface area contributed by atoms with Crippen LogP contribution in [0.25, 0.3) is 0 Å². The summed E-state index contributed by atoms with van der Waals surface area (Å²) in [5, 5.41) is 4.09. The molecule has 0 bridgehead atoms. The number of pyridine rings is 1. The minimum absolute atomic E-state index is 0.135. The largest absolute Gasteiger partial charge is 0.467 e. The lowest BCUT2D eigenvalue weighted by molar-refractivity contribution is -0.890. The van der Waals surface area contributed by atoms with Gasteiger partial charge in [-0.1, -0.05) is 6.07 Å². The number of rotatable bonds is 7. The Balaban J connectivity index is 1.74. The van der Waals surface area contributed by atoms with E-state index in [4.69, 9.17) is 9.47 Å². The fraction of sp³-hybridized carbons (Fsp3) is 0.381. The molecular formula is C21H28N5O3+. The summed E-state index contributed by atoms with van der Waals surface area (Å²) in [6.45, 7) is 4.28. The van der Waals surface area contributed by atoms with E-state index in [-0.39, 0.29) is 12.7 Å². The minimum atomic E-state index is -0.367. The van der Waals surface area contributed by atoms with Gasteiger partial charge in [0.1, 0.15) is 11.4 Å². The second-order valence-electron chi connectivity index (χ2n) is 7.56. The van der Waals surface area contributed by atoms with Gasteiger partial charge >= 0.3 is 0 Å². The molecule has 1 N–H and O–H groups in total. The van der Waals surface area contributed by atoms with Crippen LogP contribution in [0.3, 0.4) is 0 Å². The molecule has 0 spiro atoms. The predicted molar refractivity (Wildman–Crippen MR) is 112 cm³/mol. The first kappa shape index (κ1) is 20.8. The Labute approximate surface area is 171 Å². The van der Waals surface area contributed by atoms with E-state index in [0.717, 1.165) is 41.9 Å². The van der Waals surface area contributed by atoms with Crippen LogP contribution in [0.4, 0.5) is 5.69 Å². The highest BCUT2D eigenvalue weighted by molar-refractivity contribution is 5.93. The van der Waals surface area contributed by atoms with Crippen LogP contribution in [0.15, 0.2) is 47.7 Å². The van der Waals surface area contributed by atoms with E-state index < -0.39 is 0 Å². The third-order valence-electron chi connectivity index (χ3n) is 4.91. The highest BCUT2D eigenvalue weighted by Gasteiger charge is 2.24. The van der Waals surface area contributed by atoms with Crippen molar-refractivity contribution < 1.29 is 18.8 Å². The topological polar surface area (TPSA) is 76.1 Å². The van der Waals surface area contributed by atoms with Gasteiger partial charge in [0.05, 0.1) is 46.5 Å². The van der Waals surface area contributed by atoms with E-state index >= 15 is 0 Å². The molecule has 0 radical (unpaired) electrons. The number of carbonyl (C=O) groups excluding carboxylic acids is 1. The molecule has 1 amide bonds. The molecule has 0 atom stereocenters. The number of likely N-dealkylation sites (N-methyl/N-ethyl adjacent to an activating group) is 1. The van der Waals surface area contributed by atoms with Gasteiger partial charge in [-0.3, -0.25) is 9.78 Å². The van der Waals surface area contributed by atoms with Crippen LogP contribution in [0, 0.1) is 0 Å². The average Bonchev–Trinajstić information content (AvgIpc) is 2.73. The molecule has 8 nitrogen and oxygen atoms in total. The number of quaternary nitrogens is 1. The molecule has 29 heavy (non-hydrogen) atoms. The first-order valence-electron chi connectivity index (χ1n) is 9.56. The van der Waals surface area contributed by atoms with Crippen molar-refractivity contribution in [3.05, 3.63) is 53.9 Å². The summed E-state index contributed by atoms with van der Waals surface area (Å²) >= 11 is 0. The lowest BCUT2D eigenvalue weighted by atomic mass is 10.1. The summed E-state index contributed by atoms with van der Waals surface area (Å²) in [7, 11) is 6.08. The van der Waals surface area contributed by atoms with Crippen molar-refractivity contribution in [2.45, 2.75) is 0 Å². The SMILES string of the molecule is COCOc1ccc(N2CC[N+](C)(C)CC2)cc1/C=N/NC(=O)c1ccccn1. The number of anilines is 1. The highest BCUT2D eigenvalue weighted by atomic mass is 16.7. The number of nitrogens with zero attached hydrogens (tertiary/aromatic N) is 4. The van der Waals surface area contributed by atoms with Crippen LogP contribution in [-0.2, 0) is 4.74 Å².